The first-order chi connectivity index (χ1) is 11.2. The van der Waals surface area contributed by atoms with E-state index in [2.05, 4.69) is 30.0 Å². The average molecular weight is 333 g/mol. The van der Waals surface area contributed by atoms with Gasteiger partial charge in [-0.05, 0) is 6.07 Å². The number of nitrogens with one attached hydrogen (secondary N) is 2. The average Bonchev–Trinajstić information content (AvgIpc) is 3.21. The van der Waals surface area contributed by atoms with Gasteiger partial charge >= 0.3 is 5.97 Å². The van der Waals surface area contributed by atoms with E-state index in [1.807, 2.05) is 11.4 Å². The number of hydrogen-bond acceptors (Lipinski definition) is 7. The van der Waals surface area contributed by atoms with Crippen molar-refractivity contribution >= 4 is 39.4 Å². The molecule has 0 saturated heterocycles. The predicted octanol–water partition coefficient (Wildman–Crippen LogP) is 2.22. The number of carbonyl (C=O) groups is 2. The zero-order valence-electron chi connectivity index (χ0n) is 12.2. The van der Waals surface area contributed by atoms with Gasteiger partial charge < -0.3 is 15.0 Å². The molecule has 8 nitrogen and oxygen atoms in total. The molecule has 3 rings (SSSR count). The Hall–Kier alpha value is -2.81. The second-order valence-electron chi connectivity index (χ2n) is 4.62. The highest BCUT2D eigenvalue weighted by atomic mass is 32.1. The topological polar surface area (TPSA) is 110 Å². The van der Waals surface area contributed by atoms with Crippen LogP contribution in [0.15, 0.2) is 24.0 Å². The number of aromatic nitrogens is 4. The molecule has 0 unspecified atom stereocenters. The molecule has 0 aliphatic carbocycles. The van der Waals surface area contributed by atoms with Gasteiger partial charge in [-0.3, -0.25) is 9.59 Å². The van der Waals surface area contributed by atoms with Crippen LogP contribution in [-0.4, -0.2) is 38.9 Å². The van der Waals surface area contributed by atoms with E-state index < -0.39 is 5.97 Å². The molecular formula is C14H15N5O3S. The number of aromatic amines is 1. The minimum absolute atomic E-state index is 0. The number of thiazole rings is 1. The van der Waals surface area contributed by atoms with Crippen LogP contribution in [0.25, 0.3) is 22.4 Å². The fourth-order valence-electron chi connectivity index (χ4n) is 2.02. The minimum atomic E-state index is -0.421. The molecule has 9 heteroatoms. The van der Waals surface area contributed by atoms with Gasteiger partial charge in [-0.25, -0.2) is 15.0 Å². The number of hydrogen-bond donors (Lipinski definition) is 2. The van der Waals surface area contributed by atoms with E-state index >= 15 is 0 Å². The number of nitrogens with zero attached hydrogens (tertiary/aromatic N) is 3. The Morgan fingerprint density at radius 2 is 2.26 bits per heavy atom. The third-order valence-corrected chi connectivity index (χ3v) is 3.89. The van der Waals surface area contributed by atoms with Crippen LogP contribution in [0, 0.1) is 0 Å². The van der Waals surface area contributed by atoms with Crippen LogP contribution in [0.5, 0.6) is 0 Å². The van der Waals surface area contributed by atoms with Gasteiger partial charge in [0.15, 0.2) is 5.13 Å². The number of esters is 1. The summed E-state index contributed by atoms with van der Waals surface area (Å²) in [4.78, 5) is 38.5. The molecule has 0 aromatic carbocycles. The van der Waals surface area contributed by atoms with E-state index in [1.54, 1.807) is 6.20 Å². The lowest BCUT2D eigenvalue weighted by atomic mass is 10.2. The van der Waals surface area contributed by atoms with E-state index in [-0.39, 0.29) is 20.2 Å². The molecule has 0 spiro atoms. The van der Waals surface area contributed by atoms with Crippen molar-refractivity contribution < 1.29 is 15.8 Å². The summed E-state index contributed by atoms with van der Waals surface area (Å²) in [5.74, 6) is -0.707. The van der Waals surface area contributed by atoms with Crippen molar-refractivity contribution in [2.24, 2.45) is 0 Å². The van der Waals surface area contributed by atoms with Crippen molar-refractivity contribution in [1.29, 1.82) is 0 Å². The normalized spacial score (nSPS) is 10.7. The van der Waals surface area contributed by atoms with Crippen LogP contribution >= 0.6 is 11.3 Å². The maximum absolute atomic E-state index is 11.8. The van der Waals surface area contributed by atoms with Crippen molar-refractivity contribution in [2.45, 2.75) is 12.8 Å². The Morgan fingerprint density at radius 1 is 1.39 bits per heavy atom. The maximum Gasteiger partial charge on any atom is 0.306 e. The number of ether oxygens (including phenoxy) is 1. The zero-order chi connectivity index (χ0) is 16.2. The second kappa shape index (κ2) is 6.53. The van der Waals surface area contributed by atoms with E-state index in [0.29, 0.717) is 16.5 Å². The standard InChI is InChI=1S/C14H13N5O3S.H2/c1-22-11(21)3-2-10(20)19-14-18-9(6-23-14)12-8-4-5-15-13(8)17-7-16-12;/h4-7H,2-3H2,1H3,(H,15,16,17)(H,18,19,20);1H. The second-order valence-corrected chi connectivity index (χ2v) is 5.48. The van der Waals surface area contributed by atoms with E-state index in [0.717, 1.165) is 11.0 Å². The lowest BCUT2D eigenvalue weighted by Gasteiger charge is -2.01. The molecule has 1 amide bonds. The van der Waals surface area contributed by atoms with Gasteiger partial charge in [-0.2, -0.15) is 0 Å². The first-order valence-corrected chi connectivity index (χ1v) is 7.66. The molecule has 0 bridgehead atoms. The van der Waals surface area contributed by atoms with Gasteiger partial charge in [0.05, 0.1) is 13.5 Å². The molecule has 0 aliphatic heterocycles. The van der Waals surface area contributed by atoms with Gasteiger partial charge in [-0.1, -0.05) is 0 Å². The maximum atomic E-state index is 11.8. The molecule has 3 heterocycles. The summed E-state index contributed by atoms with van der Waals surface area (Å²) in [6, 6.07) is 1.87. The number of carbonyl (C=O) groups excluding carboxylic acids is 2. The van der Waals surface area contributed by atoms with Gasteiger partial charge in [0.2, 0.25) is 5.91 Å². The predicted molar refractivity (Wildman–Crippen MR) is 87.0 cm³/mol. The quantitative estimate of drug-likeness (QED) is 0.693. The van der Waals surface area contributed by atoms with Crippen LogP contribution in [0.1, 0.15) is 14.3 Å². The van der Waals surface area contributed by atoms with Crippen molar-refractivity contribution in [3.8, 4) is 11.4 Å². The van der Waals surface area contributed by atoms with E-state index in [4.69, 9.17) is 0 Å². The number of amides is 1. The Kier molecular flexibility index (Phi) is 4.29. The summed E-state index contributed by atoms with van der Waals surface area (Å²) in [7, 11) is 1.29. The van der Waals surface area contributed by atoms with E-state index in [9.17, 15) is 9.59 Å². The highest BCUT2D eigenvalue weighted by molar-refractivity contribution is 7.14. The van der Waals surface area contributed by atoms with Gasteiger partial charge in [0, 0.05) is 24.8 Å². The summed E-state index contributed by atoms with van der Waals surface area (Å²) < 4.78 is 4.50. The molecule has 0 saturated carbocycles. The lowest BCUT2D eigenvalue weighted by molar-refractivity contribution is -0.141. The minimum Gasteiger partial charge on any atom is -0.469 e. The molecule has 23 heavy (non-hydrogen) atoms. The molecule has 0 fully saturated rings. The third-order valence-electron chi connectivity index (χ3n) is 3.13. The molecule has 2 N–H and O–H groups in total. The largest absolute Gasteiger partial charge is 0.469 e. The van der Waals surface area contributed by atoms with Crippen LogP contribution < -0.4 is 5.32 Å². The third kappa shape index (κ3) is 3.34. The zero-order valence-corrected chi connectivity index (χ0v) is 13.0. The molecule has 3 aromatic rings. The Balaban J connectivity index is 0.00000208. The molecule has 0 atom stereocenters. The first kappa shape index (κ1) is 15.1. The van der Waals surface area contributed by atoms with Crippen molar-refractivity contribution in [1.82, 2.24) is 19.9 Å². The number of methoxy groups -OCH3 is 1. The number of anilines is 1. The molecular weight excluding hydrogens is 318 g/mol. The van der Waals surface area contributed by atoms with Crippen LogP contribution in [0.2, 0.25) is 0 Å². The summed E-state index contributed by atoms with van der Waals surface area (Å²) >= 11 is 1.29. The summed E-state index contributed by atoms with van der Waals surface area (Å²) in [6.07, 6.45) is 3.33. The van der Waals surface area contributed by atoms with Gasteiger partial charge in [0.25, 0.3) is 0 Å². The molecule has 120 valence electrons. The summed E-state index contributed by atoms with van der Waals surface area (Å²) in [5, 5.41) is 5.79. The first-order valence-electron chi connectivity index (χ1n) is 6.78. The number of rotatable bonds is 5. The molecule has 3 aromatic heterocycles. The number of H-pyrrole nitrogens is 1. The Labute approximate surface area is 136 Å². The van der Waals surface area contributed by atoms with Crippen LogP contribution in [-0.2, 0) is 14.3 Å². The number of fused-ring (bicyclic) bond motifs is 1. The Bertz CT molecular complexity index is 863. The molecule has 0 aliphatic rings. The fraction of sp³-hybridized carbons (Fsp3) is 0.214. The van der Waals surface area contributed by atoms with Gasteiger partial charge in [-0.15, -0.1) is 11.3 Å². The highest BCUT2D eigenvalue weighted by Gasteiger charge is 2.13. The summed E-state index contributed by atoms with van der Waals surface area (Å²) in [6.45, 7) is 0. The van der Waals surface area contributed by atoms with Crippen molar-refractivity contribution in [3.05, 3.63) is 24.0 Å². The van der Waals surface area contributed by atoms with Gasteiger partial charge in [0.1, 0.15) is 23.4 Å². The molecule has 0 radical (unpaired) electrons. The van der Waals surface area contributed by atoms with Crippen molar-refractivity contribution in [2.75, 3.05) is 12.4 Å². The smallest absolute Gasteiger partial charge is 0.306 e. The monoisotopic (exact) mass is 333 g/mol. The highest BCUT2D eigenvalue weighted by Crippen LogP contribution is 2.28. The van der Waals surface area contributed by atoms with E-state index in [1.165, 1.54) is 24.8 Å². The Morgan fingerprint density at radius 3 is 3.09 bits per heavy atom. The van der Waals surface area contributed by atoms with Crippen LogP contribution in [0.3, 0.4) is 0 Å². The SMILES string of the molecule is COC(=O)CCC(=O)Nc1nc(-c2ncnc3[nH]ccc23)cs1.[HH]. The van der Waals surface area contributed by atoms with Crippen LogP contribution in [0.4, 0.5) is 5.13 Å². The lowest BCUT2D eigenvalue weighted by Crippen LogP contribution is -2.13. The summed E-state index contributed by atoms with van der Waals surface area (Å²) in [5.41, 5.74) is 2.08. The van der Waals surface area contributed by atoms with Crippen molar-refractivity contribution in [3.63, 3.8) is 0 Å². The fourth-order valence-corrected chi connectivity index (χ4v) is 2.73.